The number of rotatable bonds is 1. The van der Waals surface area contributed by atoms with Gasteiger partial charge in [-0.25, -0.2) is 4.98 Å². The number of nitrogens with one attached hydrogen (secondary N) is 1. The number of nitrogens with zero attached hydrogens (tertiary/aromatic N) is 1. The third-order valence-corrected chi connectivity index (χ3v) is 3.07. The van der Waals surface area contributed by atoms with E-state index in [4.69, 9.17) is 12.2 Å². The summed E-state index contributed by atoms with van der Waals surface area (Å²) >= 11 is 6.79. The van der Waals surface area contributed by atoms with Crippen molar-refractivity contribution in [2.75, 3.05) is 0 Å². The van der Waals surface area contributed by atoms with Crippen LogP contribution in [0.4, 0.5) is 0 Å². The van der Waals surface area contributed by atoms with Crippen LogP contribution in [0, 0.1) is 18.5 Å². The second-order valence-electron chi connectivity index (χ2n) is 3.16. The molecule has 2 aromatic heterocycles. The van der Waals surface area contributed by atoms with Gasteiger partial charge >= 0.3 is 0 Å². The van der Waals surface area contributed by atoms with E-state index in [1.54, 1.807) is 11.3 Å². The van der Waals surface area contributed by atoms with Crippen LogP contribution in [0.5, 0.6) is 0 Å². The van der Waals surface area contributed by atoms with Gasteiger partial charge in [0.1, 0.15) is 10.5 Å². The summed E-state index contributed by atoms with van der Waals surface area (Å²) in [5.41, 5.74) is 1.05. The third-order valence-electron chi connectivity index (χ3n) is 1.85. The van der Waals surface area contributed by atoms with Crippen LogP contribution >= 0.6 is 23.6 Å². The minimum absolute atomic E-state index is 0.641. The summed E-state index contributed by atoms with van der Waals surface area (Å²) < 4.78 is 0.641. The number of hydrogen-bond donors (Lipinski definition) is 1. The minimum Gasteiger partial charge on any atom is -0.343 e. The van der Waals surface area contributed by atoms with Gasteiger partial charge in [0.2, 0.25) is 0 Å². The van der Waals surface area contributed by atoms with E-state index in [1.807, 2.05) is 13.0 Å². The quantitative estimate of drug-likeness (QED) is 0.748. The van der Waals surface area contributed by atoms with Crippen LogP contribution in [0.25, 0.3) is 10.7 Å². The molecule has 2 aromatic rings. The number of aryl methyl sites for hydroxylation is 2. The minimum atomic E-state index is 0.641. The van der Waals surface area contributed by atoms with Crippen LogP contribution in [0.3, 0.4) is 0 Å². The van der Waals surface area contributed by atoms with Crippen LogP contribution < -0.4 is 0 Å². The van der Waals surface area contributed by atoms with Crippen molar-refractivity contribution >= 4 is 23.6 Å². The van der Waals surface area contributed by atoms with E-state index in [0.29, 0.717) is 4.64 Å². The molecule has 0 aromatic carbocycles. The lowest BCUT2D eigenvalue weighted by molar-refractivity contribution is 1.10. The molecule has 2 nitrogen and oxygen atoms in total. The maximum absolute atomic E-state index is 5.07. The molecule has 0 bridgehead atoms. The van der Waals surface area contributed by atoms with E-state index in [9.17, 15) is 0 Å². The molecule has 0 atom stereocenters. The largest absolute Gasteiger partial charge is 0.343 e. The molecule has 0 spiro atoms. The van der Waals surface area contributed by atoms with Gasteiger partial charge in [0.15, 0.2) is 0 Å². The Kier molecular flexibility index (Phi) is 2.48. The molecule has 0 unspecified atom stereocenters. The smallest absolute Gasteiger partial charge is 0.149 e. The third kappa shape index (κ3) is 1.91. The highest BCUT2D eigenvalue weighted by molar-refractivity contribution is 7.71. The Morgan fingerprint density at radius 3 is 2.71 bits per heavy atom. The van der Waals surface area contributed by atoms with E-state index >= 15 is 0 Å². The number of thiophene rings is 1. The molecule has 0 saturated carbocycles. The molecule has 0 radical (unpaired) electrons. The molecule has 2 heterocycles. The molecule has 72 valence electrons. The van der Waals surface area contributed by atoms with Crippen molar-refractivity contribution in [3.8, 4) is 10.7 Å². The molecule has 0 aliphatic rings. The second kappa shape index (κ2) is 3.63. The SMILES string of the molecule is Cc1cc(=S)nc(-c2ccc(C)s2)[nH]1. The van der Waals surface area contributed by atoms with Crippen molar-refractivity contribution in [2.24, 2.45) is 0 Å². The first-order chi connectivity index (χ1) is 6.65. The highest BCUT2D eigenvalue weighted by atomic mass is 32.1. The van der Waals surface area contributed by atoms with Crippen molar-refractivity contribution in [3.63, 3.8) is 0 Å². The summed E-state index contributed by atoms with van der Waals surface area (Å²) in [4.78, 5) is 9.91. The Balaban J connectivity index is 2.56. The Bertz CT molecular complexity index is 511. The highest BCUT2D eigenvalue weighted by Gasteiger charge is 2.02. The summed E-state index contributed by atoms with van der Waals surface area (Å²) in [6.07, 6.45) is 0. The van der Waals surface area contributed by atoms with Gasteiger partial charge in [-0.3, -0.25) is 0 Å². The lowest BCUT2D eigenvalue weighted by Crippen LogP contribution is -1.89. The Morgan fingerprint density at radius 1 is 1.36 bits per heavy atom. The van der Waals surface area contributed by atoms with E-state index in [-0.39, 0.29) is 0 Å². The molecule has 14 heavy (non-hydrogen) atoms. The Hall–Kier alpha value is -1.00. The Labute approximate surface area is 91.7 Å². The van der Waals surface area contributed by atoms with Gasteiger partial charge in [0.25, 0.3) is 0 Å². The van der Waals surface area contributed by atoms with Gasteiger partial charge in [0, 0.05) is 10.6 Å². The summed E-state index contributed by atoms with van der Waals surface area (Å²) in [5.74, 6) is 0.869. The fraction of sp³-hybridized carbons (Fsp3) is 0.200. The number of hydrogen-bond acceptors (Lipinski definition) is 3. The fourth-order valence-corrected chi connectivity index (χ4v) is 2.34. The standard InChI is InChI=1S/C10H10N2S2/c1-6-5-9(13)12-10(11-6)8-4-3-7(2)14-8/h3-5H,1-2H3,(H,11,12,13). The first kappa shape index (κ1) is 9.55. The molecule has 0 aliphatic carbocycles. The molecule has 0 amide bonds. The van der Waals surface area contributed by atoms with Crippen LogP contribution in [0.2, 0.25) is 0 Å². The monoisotopic (exact) mass is 222 g/mol. The number of H-pyrrole nitrogens is 1. The maximum Gasteiger partial charge on any atom is 0.149 e. The predicted octanol–water partition coefficient (Wildman–Crippen LogP) is 3.48. The molecular weight excluding hydrogens is 212 g/mol. The predicted molar refractivity (Wildman–Crippen MR) is 62.2 cm³/mol. The zero-order valence-electron chi connectivity index (χ0n) is 8.00. The average molecular weight is 222 g/mol. The van der Waals surface area contributed by atoms with Crippen molar-refractivity contribution in [3.05, 3.63) is 33.4 Å². The molecule has 2 rings (SSSR count). The molecule has 0 saturated heterocycles. The fourth-order valence-electron chi connectivity index (χ4n) is 1.26. The first-order valence-electron chi connectivity index (χ1n) is 4.30. The van der Waals surface area contributed by atoms with Crippen molar-refractivity contribution < 1.29 is 0 Å². The molecule has 0 aliphatic heterocycles. The zero-order chi connectivity index (χ0) is 10.1. The topological polar surface area (TPSA) is 28.7 Å². The normalized spacial score (nSPS) is 10.4. The van der Waals surface area contributed by atoms with Crippen LogP contribution in [0.1, 0.15) is 10.6 Å². The second-order valence-corrected chi connectivity index (χ2v) is 4.87. The summed E-state index contributed by atoms with van der Waals surface area (Å²) in [7, 11) is 0. The van der Waals surface area contributed by atoms with Gasteiger partial charge in [-0.05, 0) is 32.0 Å². The maximum atomic E-state index is 5.07. The van der Waals surface area contributed by atoms with Crippen LogP contribution in [-0.2, 0) is 0 Å². The number of aromatic amines is 1. The van der Waals surface area contributed by atoms with E-state index in [1.165, 1.54) is 4.88 Å². The van der Waals surface area contributed by atoms with Gasteiger partial charge in [-0.15, -0.1) is 11.3 Å². The lowest BCUT2D eigenvalue weighted by Gasteiger charge is -1.98. The molecular formula is C10H10N2S2. The zero-order valence-corrected chi connectivity index (χ0v) is 9.63. The van der Waals surface area contributed by atoms with Gasteiger partial charge in [-0.2, -0.15) is 0 Å². The average Bonchev–Trinajstić information content (AvgIpc) is 2.50. The Morgan fingerprint density at radius 2 is 2.14 bits per heavy atom. The molecule has 4 heteroatoms. The van der Waals surface area contributed by atoms with Crippen LogP contribution in [-0.4, -0.2) is 9.97 Å². The first-order valence-corrected chi connectivity index (χ1v) is 5.52. The van der Waals surface area contributed by atoms with Gasteiger partial charge in [-0.1, -0.05) is 12.2 Å². The van der Waals surface area contributed by atoms with Crippen molar-refractivity contribution in [1.29, 1.82) is 0 Å². The van der Waals surface area contributed by atoms with Crippen LogP contribution in [0.15, 0.2) is 18.2 Å². The summed E-state index contributed by atoms with van der Waals surface area (Å²) in [6.45, 7) is 4.07. The summed E-state index contributed by atoms with van der Waals surface area (Å²) in [6, 6.07) is 6.01. The van der Waals surface area contributed by atoms with E-state index in [0.717, 1.165) is 16.4 Å². The number of aromatic nitrogens is 2. The van der Waals surface area contributed by atoms with Crippen molar-refractivity contribution in [1.82, 2.24) is 9.97 Å². The molecule has 0 fully saturated rings. The van der Waals surface area contributed by atoms with Gasteiger partial charge in [0.05, 0.1) is 4.88 Å². The summed E-state index contributed by atoms with van der Waals surface area (Å²) in [5, 5.41) is 0. The van der Waals surface area contributed by atoms with Gasteiger partial charge < -0.3 is 4.98 Å². The van der Waals surface area contributed by atoms with Crippen molar-refractivity contribution in [2.45, 2.75) is 13.8 Å². The lowest BCUT2D eigenvalue weighted by atomic mass is 10.4. The molecule has 1 N–H and O–H groups in total. The highest BCUT2D eigenvalue weighted by Crippen LogP contribution is 2.24. The van der Waals surface area contributed by atoms with E-state index < -0.39 is 0 Å². The van der Waals surface area contributed by atoms with E-state index in [2.05, 4.69) is 29.0 Å².